The average Bonchev–Trinajstić information content (AvgIpc) is 3.43. The molecule has 4 aromatic rings. The summed E-state index contributed by atoms with van der Waals surface area (Å²) in [5.74, 6) is 2.31. The molecule has 1 saturated heterocycles. The van der Waals surface area contributed by atoms with Gasteiger partial charge in [-0.05, 0) is 31.4 Å². The number of nitrogens with zero attached hydrogens (tertiary/aromatic N) is 9. The Morgan fingerprint density at radius 3 is 3.00 bits per heavy atom. The van der Waals surface area contributed by atoms with E-state index in [1.54, 1.807) is 10.8 Å². The van der Waals surface area contributed by atoms with Gasteiger partial charge >= 0.3 is 0 Å². The third-order valence-electron chi connectivity index (χ3n) is 5.71. The second-order valence-electron chi connectivity index (χ2n) is 7.55. The lowest BCUT2D eigenvalue weighted by molar-refractivity contribution is 0.0836. The predicted molar refractivity (Wildman–Crippen MR) is 108 cm³/mol. The van der Waals surface area contributed by atoms with E-state index < -0.39 is 0 Å². The fourth-order valence-corrected chi connectivity index (χ4v) is 4.11. The summed E-state index contributed by atoms with van der Waals surface area (Å²) in [6, 6.07) is 2.32. The van der Waals surface area contributed by atoms with Crippen molar-refractivity contribution in [3.05, 3.63) is 42.5 Å². The Morgan fingerprint density at radius 1 is 1.20 bits per heavy atom. The minimum atomic E-state index is 0.346. The molecule has 0 radical (unpaired) electrons. The Morgan fingerprint density at radius 2 is 2.10 bits per heavy atom. The van der Waals surface area contributed by atoms with Gasteiger partial charge in [0.1, 0.15) is 18.3 Å². The van der Waals surface area contributed by atoms with Crippen LogP contribution in [0.25, 0.3) is 11.3 Å². The number of anilines is 3. The highest BCUT2D eigenvalue weighted by molar-refractivity contribution is 5.66. The molecule has 6 heterocycles. The third kappa shape index (κ3) is 2.77. The maximum Gasteiger partial charge on any atom is 0.229 e. The van der Waals surface area contributed by atoms with Crippen molar-refractivity contribution >= 4 is 23.1 Å². The maximum atomic E-state index is 5.56. The fraction of sp³-hybridized carbons (Fsp3) is 0.368. The number of hydrogen-bond donors (Lipinski definition) is 1. The van der Waals surface area contributed by atoms with E-state index in [-0.39, 0.29) is 0 Å². The smallest absolute Gasteiger partial charge is 0.229 e. The zero-order chi connectivity index (χ0) is 20.1. The standard InChI is InChI=1S/C19H20N10O/c1-12-6-16-21-10-23-29(16)8-14(12)24-19-20-7-15-18(25-19)27(13-2-4-30-5-3-13)9-17-26-22-11-28(15)17/h6-8,10-11,13H,2-5,9H2,1H3,(H,20,24,25). The van der Waals surface area contributed by atoms with E-state index in [4.69, 9.17) is 9.72 Å². The molecule has 11 heteroatoms. The molecule has 152 valence electrons. The molecule has 0 unspecified atom stereocenters. The second kappa shape index (κ2) is 6.73. The Hall–Kier alpha value is -3.60. The van der Waals surface area contributed by atoms with Gasteiger partial charge in [-0.25, -0.2) is 14.5 Å². The van der Waals surface area contributed by atoms with Gasteiger partial charge in [0.15, 0.2) is 17.3 Å². The van der Waals surface area contributed by atoms with Crippen molar-refractivity contribution in [3.63, 3.8) is 0 Å². The molecular formula is C19H20N10O. The molecule has 2 aliphatic rings. The number of aryl methyl sites for hydroxylation is 1. The highest BCUT2D eigenvalue weighted by Crippen LogP contribution is 2.34. The van der Waals surface area contributed by atoms with E-state index in [1.807, 2.05) is 30.0 Å². The number of hydrogen-bond acceptors (Lipinski definition) is 9. The van der Waals surface area contributed by atoms with Gasteiger partial charge in [0.05, 0.1) is 24.6 Å². The fourth-order valence-electron chi connectivity index (χ4n) is 4.11. The highest BCUT2D eigenvalue weighted by atomic mass is 16.5. The first kappa shape index (κ1) is 17.3. The van der Waals surface area contributed by atoms with E-state index in [1.165, 1.54) is 6.33 Å². The summed E-state index contributed by atoms with van der Waals surface area (Å²) in [6.07, 6.45) is 8.90. The van der Waals surface area contributed by atoms with Gasteiger partial charge in [-0.2, -0.15) is 10.1 Å². The first-order chi connectivity index (χ1) is 14.8. The number of rotatable bonds is 3. The minimum absolute atomic E-state index is 0.346. The van der Waals surface area contributed by atoms with Crippen molar-refractivity contribution in [3.8, 4) is 5.69 Å². The third-order valence-corrected chi connectivity index (χ3v) is 5.71. The van der Waals surface area contributed by atoms with Crippen LogP contribution >= 0.6 is 0 Å². The molecule has 1 N–H and O–H groups in total. The average molecular weight is 404 g/mol. The zero-order valence-electron chi connectivity index (χ0n) is 16.4. The predicted octanol–water partition coefficient (Wildman–Crippen LogP) is 1.65. The molecule has 0 atom stereocenters. The molecule has 1 fully saturated rings. The van der Waals surface area contributed by atoms with Crippen molar-refractivity contribution in [2.45, 2.75) is 32.4 Å². The molecule has 0 spiro atoms. The topological polar surface area (TPSA) is 111 Å². The van der Waals surface area contributed by atoms with E-state index >= 15 is 0 Å². The Balaban J connectivity index is 1.40. The van der Waals surface area contributed by atoms with Crippen molar-refractivity contribution in [1.29, 1.82) is 0 Å². The van der Waals surface area contributed by atoms with E-state index in [9.17, 15) is 0 Å². The van der Waals surface area contributed by atoms with Crippen LogP contribution in [0.1, 0.15) is 24.2 Å². The Kier molecular flexibility index (Phi) is 3.88. The van der Waals surface area contributed by atoms with Crippen LogP contribution in [0.3, 0.4) is 0 Å². The van der Waals surface area contributed by atoms with Gasteiger partial charge in [-0.1, -0.05) is 0 Å². The molecular weight excluding hydrogens is 384 g/mol. The van der Waals surface area contributed by atoms with Crippen molar-refractivity contribution in [2.24, 2.45) is 0 Å². The SMILES string of the molecule is Cc1cc2ncnn2cc1Nc1ncc2c(n1)N(C1CCOCC1)Cc1nncn1-2. The van der Waals surface area contributed by atoms with E-state index in [0.717, 1.165) is 60.3 Å². The molecule has 0 amide bonds. The van der Waals surface area contributed by atoms with Crippen LogP contribution in [0.2, 0.25) is 0 Å². The molecule has 0 aliphatic carbocycles. The van der Waals surface area contributed by atoms with Gasteiger partial charge in [0.25, 0.3) is 0 Å². The Labute approximate surface area is 171 Å². The molecule has 0 saturated carbocycles. The number of fused-ring (bicyclic) bond motifs is 4. The van der Waals surface area contributed by atoms with Gasteiger partial charge in [0, 0.05) is 19.3 Å². The summed E-state index contributed by atoms with van der Waals surface area (Å²) in [5, 5.41) is 15.9. The monoisotopic (exact) mass is 404 g/mol. The molecule has 4 aromatic heterocycles. The van der Waals surface area contributed by atoms with Gasteiger partial charge < -0.3 is 15.0 Å². The largest absolute Gasteiger partial charge is 0.381 e. The number of pyridine rings is 1. The Bertz CT molecular complexity index is 1230. The minimum Gasteiger partial charge on any atom is -0.381 e. The van der Waals surface area contributed by atoms with Crippen molar-refractivity contribution in [1.82, 2.24) is 39.3 Å². The van der Waals surface area contributed by atoms with Crippen LogP contribution in [0.15, 0.2) is 31.1 Å². The zero-order valence-corrected chi connectivity index (χ0v) is 16.4. The van der Waals surface area contributed by atoms with E-state index in [0.29, 0.717) is 18.5 Å². The molecule has 30 heavy (non-hydrogen) atoms. The molecule has 6 rings (SSSR count). The summed E-state index contributed by atoms with van der Waals surface area (Å²) in [5.41, 5.74) is 3.61. The lowest BCUT2D eigenvalue weighted by Crippen LogP contribution is -2.42. The number of ether oxygens (including phenoxy) is 1. The van der Waals surface area contributed by atoms with Crippen molar-refractivity contribution in [2.75, 3.05) is 23.4 Å². The summed E-state index contributed by atoms with van der Waals surface area (Å²) < 4.78 is 9.25. The van der Waals surface area contributed by atoms with Crippen LogP contribution in [0, 0.1) is 6.92 Å². The lowest BCUT2D eigenvalue weighted by atomic mass is 10.1. The second-order valence-corrected chi connectivity index (χ2v) is 7.55. The normalized spacial score (nSPS) is 16.5. The van der Waals surface area contributed by atoms with Gasteiger partial charge in [-0.15, -0.1) is 10.2 Å². The first-order valence-electron chi connectivity index (χ1n) is 9.94. The molecule has 2 aliphatic heterocycles. The molecule has 0 aromatic carbocycles. The number of nitrogens with one attached hydrogen (secondary N) is 1. The van der Waals surface area contributed by atoms with E-state index in [2.05, 4.69) is 35.5 Å². The molecule has 0 bridgehead atoms. The summed E-state index contributed by atoms with van der Waals surface area (Å²) in [7, 11) is 0. The quantitative estimate of drug-likeness (QED) is 0.545. The van der Waals surface area contributed by atoms with Crippen molar-refractivity contribution < 1.29 is 4.74 Å². The van der Waals surface area contributed by atoms with Crippen LogP contribution in [-0.4, -0.2) is 58.6 Å². The van der Waals surface area contributed by atoms with Crippen LogP contribution in [0.4, 0.5) is 17.5 Å². The van der Waals surface area contributed by atoms with Gasteiger partial charge in [-0.3, -0.25) is 4.57 Å². The highest BCUT2D eigenvalue weighted by Gasteiger charge is 2.31. The summed E-state index contributed by atoms with van der Waals surface area (Å²) >= 11 is 0. The van der Waals surface area contributed by atoms with Crippen LogP contribution in [-0.2, 0) is 11.3 Å². The number of aromatic nitrogens is 8. The van der Waals surface area contributed by atoms with Crippen LogP contribution in [0.5, 0.6) is 0 Å². The van der Waals surface area contributed by atoms with Crippen LogP contribution < -0.4 is 10.2 Å². The summed E-state index contributed by atoms with van der Waals surface area (Å²) in [6.45, 7) is 4.21. The lowest BCUT2D eigenvalue weighted by Gasteiger charge is -2.38. The maximum absolute atomic E-state index is 5.56. The molecule has 11 nitrogen and oxygen atoms in total. The first-order valence-corrected chi connectivity index (χ1v) is 9.94. The summed E-state index contributed by atoms with van der Waals surface area (Å²) in [4.78, 5) is 16.0. The van der Waals surface area contributed by atoms with Gasteiger partial charge in [0.2, 0.25) is 5.95 Å².